The molecular weight excluding hydrogens is 326 g/mol. The molecule has 0 radical (unpaired) electrons. The molecule has 19 heavy (non-hydrogen) atoms. The Hall–Kier alpha value is -0.0900. The van der Waals surface area contributed by atoms with Crippen LogP contribution in [0.2, 0.25) is 5.02 Å². The van der Waals surface area contributed by atoms with Gasteiger partial charge in [-0.2, -0.15) is 0 Å². The van der Waals surface area contributed by atoms with Crippen LogP contribution in [-0.2, 0) is 4.74 Å². The van der Waals surface area contributed by atoms with Crippen LogP contribution in [0.4, 0.5) is 0 Å². The van der Waals surface area contributed by atoms with Gasteiger partial charge in [0.25, 0.3) is 0 Å². The highest BCUT2D eigenvalue weighted by Gasteiger charge is 2.44. The lowest BCUT2D eigenvalue weighted by molar-refractivity contribution is -0.146. The Bertz CT molecular complexity index is 475. The van der Waals surface area contributed by atoms with E-state index in [2.05, 4.69) is 15.9 Å². The first kappa shape index (κ1) is 13.9. The zero-order valence-electron chi connectivity index (χ0n) is 10.9. The molecule has 2 aliphatic rings. The van der Waals surface area contributed by atoms with Gasteiger partial charge in [-0.3, -0.25) is 0 Å². The monoisotopic (exact) mass is 343 g/mol. The molecule has 1 aliphatic carbocycles. The van der Waals surface area contributed by atoms with Crippen molar-refractivity contribution in [3.8, 4) is 0 Å². The molecule has 2 nitrogen and oxygen atoms in total. The number of hydrogen-bond acceptors (Lipinski definition) is 2. The van der Waals surface area contributed by atoms with Crippen LogP contribution in [0, 0.1) is 5.92 Å². The van der Waals surface area contributed by atoms with Crippen molar-refractivity contribution < 1.29 is 4.74 Å². The molecule has 104 valence electrons. The molecule has 4 heteroatoms. The van der Waals surface area contributed by atoms with Crippen molar-refractivity contribution in [2.45, 2.75) is 43.7 Å². The topological polar surface area (TPSA) is 35.2 Å². The number of hydrogen-bond donors (Lipinski definition) is 1. The summed E-state index contributed by atoms with van der Waals surface area (Å²) in [6.07, 6.45) is 5.86. The van der Waals surface area contributed by atoms with E-state index in [9.17, 15) is 0 Å². The lowest BCUT2D eigenvalue weighted by Crippen LogP contribution is -2.47. The van der Waals surface area contributed by atoms with Crippen LogP contribution in [0.15, 0.2) is 22.7 Å². The van der Waals surface area contributed by atoms with Gasteiger partial charge in [0.1, 0.15) is 0 Å². The molecule has 2 fully saturated rings. The van der Waals surface area contributed by atoms with Crippen LogP contribution < -0.4 is 5.73 Å². The van der Waals surface area contributed by atoms with Crippen LogP contribution >= 0.6 is 27.5 Å². The van der Waals surface area contributed by atoms with Crippen molar-refractivity contribution in [2.24, 2.45) is 11.7 Å². The molecule has 0 bridgehead atoms. The predicted molar refractivity (Wildman–Crippen MR) is 81.3 cm³/mol. The minimum absolute atomic E-state index is 0.0630. The summed E-state index contributed by atoms with van der Waals surface area (Å²) in [7, 11) is 0. The zero-order chi connectivity index (χ0) is 13.5. The average Bonchev–Trinajstić information content (AvgIpc) is 2.36. The van der Waals surface area contributed by atoms with Gasteiger partial charge in [0, 0.05) is 22.1 Å². The summed E-state index contributed by atoms with van der Waals surface area (Å²) in [6.45, 7) is 0.851. The molecule has 1 heterocycles. The van der Waals surface area contributed by atoms with Crippen LogP contribution in [0.3, 0.4) is 0 Å². The molecule has 1 aromatic carbocycles. The highest BCUT2D eigenvalue weighted by atomic mass is 79.9. The van der Waals surface area contributed by atoms with E-state index < -0.39 is 0 Å². The maximum atomic E-state index is 6.49. The van der Waals surface area contributed by atoms with Gasteiger partial charge in [-0.25, -0.2) is 0 Å². The Kier molecular flexibility index (Phi) is 3.91. The Morgan fingerprint density at radius 2 is 2.21 bits per heavy atom. The summed E-state index contributed by atoms with van der Waals surface area (Å²) in [5, 5.41) is 0.741. The van der Waals surface area contributed by atoms with E-state index in [-0.39, 0.29) is 11.6 Å². The van der Waals surface area contributed by atoms with E-state index in [0.29, 0.717) is 5.92 Å². The third kappa shape index (κ3) is 2.71. The number of halogens is 2. The molecule has 0 amide bonds. The second-order valence-electron chi connectivity index (χ2n) is 5.83. The molecule has 3 rings (SSSR count). The van der Waals surface area contributed by atoms with Crippen molar-refractivity contribution in [2.75, 3.05) is 6.61 Å². The summed E-state index contributed by atoms with van der Waals surface area (Å²) in [5.41, 5.74) is 7.80. The standard InChI is InChI=1S/C15H19BrClNO/c16-13-8-11(17)2-3-12(13)14(18)10-4-7-19-15(9-10)5-1-6-15/h2-3,8,10,14H,1,4-7,9,18H2. The van der Waals surface area contributed by atoms with Crippen LogP contribution in [0.5, 0.6) is 0 Å². The lowest BCUT2D eigenvalue weighted by atomic mass is 9.70. The van der Waals surface area contributed by atoms with Gasteiger partial charge in [0.2, 0.25) is 0 Å². The number of nitrogens with two attached hydrogens (primary N) is 1. The molecule has 0 aromatic heterocycles. The van der Waals surface area contributed by atoms with E-state index >= 15 is 0 Å². The molecule has 1 saturated heterocycles. The highest BCUT2D eigenvalue weighted by Crippen LogP contribution is 2.47. The first-order valence-corrected chi connectivity index (χ1v) is 8.11. The zero-order valence-corrected chi connectivity index (χ0v) is 13.2. The average molecular weight is 345 g/mol. The predicted octanol–water partition coefficient (Wildman–Crippen LogP) is 4.45. The summed E-state index contributed by atoms with van der Waals surface area (Å²) in [6, 6.07) is 5.95. The Morgan fingerprint density at radius 3 is 2.84 bits per heavy atom. The van der Waals surface area contributed by atoms with Crippen molar-refractivity contribution >= 4 is 27.5 Å². The normalized spacial score (nSPS) is 27.0. The van der Waals surface area contributed by atoms with Gasteiger partial charge >= 0.3 is 0 Å². The second-order valence-corrected chi connectivity index (χ2v) is 7.12. The maximum Gasteiger partial charge on any atom is 0.0686 e. The molecule has 2 N–H and O–H groups in total. The number of ether oxygens (including phenoxy) is 1. The van der Waals surface area contributed by atoms with Crippen molar-refractivity contribution in [1.29, 1.82) is 0 Å². The molecule has 1 aliphatic heterocycles. The summed E-state index contributed by atoms with van der Waals surface area (Å²) in [4.78, 5) is 0. The summed E-state index contributed by atoms with van der Waals surface area (Å²) < 4.78 is 6.99. The Labute approximate surface area is 127 Å². The lowest BCUT2D eigenvalue weighted by Gasteiger charge is -2.48. The third-order valence-corrected chi connectivity index (χ3v) is 5.55. The molecule has 2 atom stereocenters. The van der Waals surface area contributed by atoms with Gasteiger partial charge < -0.3 is 10.5 Å². The number of benzene rings is 1. The Morgan fingerprint density at radius 1 is 1.42 bits per heavy atom. The largest absolute Gasteiger partial charge is 0.375 e. The van der Waals surface area contributed by atoms with Gasteiger partial charge in [-0.05, 0) is 55.7 Å². The van der Waals surface area contributed by atoms with Crippen molar-refractivity contribution in [1.82, 2.24) is 0 Å². The smallest absolute Gasteiger partial charge is 0.0686 e. The van der Waals surface area contributed by atoms with Crippen molar-refractivity contribution in [3.63, 3.8) is 0 Å². The van der Waals surface area contributed by atoms with Gasteiger partial charge in [0.05, 0.1) is 5.60 Å². The van der Waals surface area contributed by atoms with Gasteiger partial charge in [0.15, 0.2) is 0 Å². The summed E-state index contributed by atoms with van der Waals surface area (Å²) in [5.74, 6) is 0.506. The highest BCUT2D eigenvalue weighted by molar-refractivity contribution is 9.10. The minimum atomic E-state index is 0.0630. The quantitative estimate of drug-likeness (QED) is 0.860. The first-order valence-electron chi connectivity index (χ1n) is 6.94. The van der Waals surface area contributed by atoms with Gasteiger partial charge in [-0.15, -0.1) is 0 Å². The van der Waals surface area contributed by atoms with Crippen LogP contribution in [-0.4, -0.2) is 12.2 Å². The molecule has 1 aromatic rings. The molecule has 1 spiro atoms. The number of rotatable bonds is 2. The fraction of sp³-hybridized carbons (Fsp3) is 0.600. The van der Waals surface area contributed by atoms with Crippen LogP contribution in [0.25, 0.3) is 0 Å². The van der Waals surface area contributed by atoms with E-state index in [0.717, 1.165) is 34.5 Å². The van der Waals surface area contributed by atoms with E-state index in [1.807, 2.05) is 18.2 Å². The first-order chi connectivity index (χ1) is 9.10. The second kappa shape index (κ2) is 5.36. The fourth-order valence-corrected chi connectivity index (χ4v) is 4.26. The fourth-order valence-electron chi connectivity index (χ4n) is 3.32. The van der Waals surface area contributed by atoms with Crippen LogP contribution in [0.1, 0.15) is 43.7 Å². The van der Waals surface area contributed by atoms with E-state index in [4.69, 9.17) is 22.1 Å². The molecular formula is C15H19BrClNO. The van der Waals surface area contributed by atoms with E-state index in [1.54, 1.807) is 0 Å². The van der Waals surface area contributed by atoms with Crippen molar-refractivity contribution in [3.05, 3.63) is 33.3 Å². The SMILES string of the molecule is NC(c1ccc(Cl)cc1Br)C1CCOC2(CCC2)C1. The molecule has 2 unspecified atom stereocenters. The minimum Gasteiger partial charge on any atom is -0.375 e. The maximum absolute atomic E-state index is 6.49. The van der Waals surface area contributed by atoms with E-state index in [1.165, 1.54) is 19.3 Å². The molecule has 1 saturated carbocycles. The third-order valence-electron chi connectivity index (χ3n) is 4.63. The Balaban J connectivity index is 1.77. The summed E-state index contributed by atoms with van der Waals surface area (Å²) >= 11 is 9.57. The van der Waals surface area contributed by atoms with Gasteiger partial charge in [-0.1, -0.05) is 33.6 Å².